The standard InChI is InChI=1S/C26H25N3O8S/c30-23-16-28(15-19-7-3-1-4-8-19)25(32)29(23)17-26(33,24(31)27-34)18-38(35,36)22-13-11-21(12-14-22)37-20-9-5-2-6-10-20/h1-14,33-34H,15-18H2,(H,27,31). The van der Waals surface area contributed by atoms with Crippen LogP contribution in [-0.2, 0) is 26.0 Å². The van der Waals surface area contributed by atoms with Crippen LogP contribution in [0.25, 0.3) is 0 Å². The number of urea groups is 1. The monoisotopic (exact) mass is 539 g/mol. The molecule has 0 aliphatic carbocycles. The lowest BCUT2D eigenvalue weighted by Crippen LogP contribution is -2.58. The summed E-state index contributed by atoms with van der Waals surface area (Å²) in [5.41, 5.74) is -0.847. The van der Waals surface area contributed by atoms with Gasteiger partial charge in [0.2, 0.25) is 5.91 Å². The second-order valence-electron chi connectivity index (χ2n) is 8.72. The molecule has 0 radical (unpaired) electrons. The molecule has 4 rings (SSSR count). The number of β-amino-alcohol motifs (C(OH)–C–C–N with tert-alkyl or cyclic N) is 1. The Hall–Kier alpha value is -4.26. The number of aliphatic hydroxyl groups is 1. The van der Waals surface area contributed by atoms with Gasteiger partial charge in [0.1, 0.15) is 18.0 Å². The summed E-state index contributed by atoms with van der Waals surface area (Å²) in [5, 5.41) is 20.3. The van der Waals surface area contributed by atoms with Crippen LogP contribution in [0.5, 0.6) is 11.5 Å². The molecule has 4 amide bonds. The van der Waals surface area contributed by atoms with E-state index in [2.05, 4.69) is 0 Å². The van der Waals surface area contributed by atoms with Crippen LogP contribution in [-0.4, -0.2) is 70.8 Å². The SMILES string of the molecule is O=C1CN(Cc2ccccc2)C(=O)N1CC(O)(CS(=O)(=O)c1ccc(Oc2ccccc2)cc1)C(=O)NO. The first-order valence-corrected chi connectivity index (χ1v) is 13.1. The third-order valence-electron chi connectivity index (χ3n) is 5.88. The van der Waals surface area contributed by atoms with Crippen LogP contribution in [0.2, 0.25) is 0 Å². The highest BCUT2D eigenvalue weighted by molar-refractivity contribution is 7.91. The molecular formula is C26H25N3O8S. The van der Waals surface area contributed by atoms with Gasteiger partial charge in [-0.05, 0) is 42.0 Å². The lowest BCUT2D eigenvalue weighted by atomic mass is 10.1. The predicted octanol–water partition coefficient (Wildman–Crippen LogP) is 1.95. The number of carbonyl (C=O) groups excluding carboxylic acids is 3. The van der Waals surface area contributed by atoms with Crippen molar-refractivity contribution in [2.24, 2.45) is 0 Å². The highest BCUT2D eigenvalue weighted by Gasteiger charge is 2.48. The number of ether oxygens (including phenoxy) is 1. The number of hydroxylamine groups is 1. The van der Waals surface area contributed by atoms with Crippen LogP contribution in [0.3, 0.4) is 0 Å². The Bertz CT molecular complexity index is 1420. The maximum atomic E-state index is 13.1. The number of benzene rings is 3. The zero-order valence-corrected chi connectivity index (χ0v) is 20.9. The fourth-order valence-electron chi connectivity index (χ4n) is 3.96. The van der Waals surface area contributed by atoms with Gasteiger partial charge in [0, 0.05) is 6.54 Å². The second-order valence-corrected chi connectivity index (χ2v) is 10.7. The Morgan fingerprint density at radius 1 is 0.921 bits per heavy atom. The first kappa shape index (κ1) is 26.8. The first-order valence-electron chi connectivity index (χ1n) is 11.5. The molecular weight excluding hydrogens is 514 g/mol. The van der Waals surface area contributed by atoms with E-state index in [1.807, 2.05) is 6.07 Å². The molecule has 1 fully saturated rings. The highest BCUT2D eigenvalue weighted by atomic mass is 32.2. The molecule has 198 valence electrons. The topological polar surface area (TPSA) is 154 Å². The van der Waals surface area contributed by atoms with Gasteiger partial charge in [-0.25, -0.2) is 18.7 Å². The summed E-state index contributed by atoms with van der Waals surface area (Å²) >= 11 is 0. The number of amides is 4. The van der Waals surface area contributed by atoms with Crippen molar-refractivity contribution >= 4 is 27.7 Å². The normalized spacial score (nSPS) is 15.3. The molecule has 0 saturated carbocycles. The second kappa shape index (κ2) is 11.0. The lowest BCUT2D eigenvalue weighted by Gasteiger charge is -2.29. The zero-order chi connectivity index (χ0) is 27.3. The molecule has 3 aromatic rings. The van der Waals surface area contributed by atoms with Gasteiger partial charge in [0.05, 0.1) is 17.2 Å². The molecule has 12 heteroatoms. The number of hydrogen-bond donors (Lipinski definition) is 3. The minimum absolute atomic E-state index is 0.0994. The van der Waals surface area contributed by atoms with Crippen molar-refractivity contribution in [2.45, 2.75) is 17.0 Å². The smallest absolute Gasteiger partial charge is 0.327 e. The van der Waals surface area contributed by atoms with Gasteiger partial charge < -0.3 is 14.7 Å². The molecule has 11 nitrogen and oxygen atoms in total. The van der Waals surface area contributed by atoms with E-state index in [1.54, 1.807) is 54.6 Å². The van der Waals surface area contributed by atoms with Gasteiger partial charge in [0.25, 0.3) is 5.91 Å². The minimum Gasteiger partial charge on any atom is -0.457 e. The summed E-state index contributed by atoms with van der Waals surface area (Å²) in [6.45, 7) is -1.20. The van der Waals surface area contributed by atoms with Crippen LogP contribution >= 0.6 is 0 Å². The van der Waals surface area contributed by atoms with E-state index >= 15 is 0 Å². The number of rotatable bonds is 10. The number of carbonyl (C=O) groups is 3. The van der Waals surface area contributed by atoms with Crippen molar-refractivity contribution in [3.63, 3.8) is 0 Å². The molecule has 1 saturated heterocycles. The van der Waals surface area contributed by atoms with Gasteiger partial charge in [-0.1, -0.05) is 48.5 Å². The van der Waals surface area contributed by atoms with Crippen LogP contribution in [0, 0.1) is 0 Å². The van der Waals surface area contributed by atoms with E-state index in [9.17, 15) is 33.1 Å². The number of sulfone groups is 1. The van der Waals surface area contributed by atoms with Gasteiger partial charge in [-0.3, -0.25) is 19.7 Å². The third kappa shape index (κ3) is 5.99. The van der Waals surface area contributed by atoms with E-state index in [1.165, 1.54) is 34.6 Å². The largest absolute Gasteiger partial charge is 0.457 e. The fourth-order valence-corrected chi connectivity index (χ4v) is 5.53. The molecule has 1 aliphatic rings. The Kier molecular flexibility index (Phi) is 7.76. The molecule has 1 heterocycles. The van der Waals surface area contributed by atoms with Crippen molar-refractivity contribution in [2.75, 3.05) is 18.8 Å². The van der Waals surface area contributed by atoms with Crippen molar-refractivity contribution in [1.29, 1.82) is 0 Å². The van der Waals surface area contributed by atoms with Crippen molar-refractivity contribution in [1.82, 2.24) is 15.3 Å². The molecule has 38 heavy (non-hydrogen) atoms. The molecule has 1 atom stereocenters. The molecule has 1 unspecified atom stereocenters. The Morgan fingerprint density at radius 3 is 2.11 bits per heavy atom. The predicted molar refractivity (Wildman–Crippen MR) is 134 cm³/mol. The molecule has 0 spiro atoms. The van der Waals surface area contributed by atoms with Crippen LogP contribution < -0.4 is 10.2 Å². The molecule has 3 N–H and O–H groups in total. The lowest BCUT2D eigenvalue weighted by molar-refractivity contribution is -0.148. The summed E-state index contributed by atoms with van der Waals surface area (Å²) in [5.74, 6) is -2.52. The average Bonchev–Trinajstić information content (AvgIpc) is 3.16. The number of para-hydroxylation sites is 1. The van der Waals surface area contributed by atoms with E-state index in [0.29, 0.717) is 16.4 Å². The third-order valence-corrected chi connectivity index (χ3v) is 7.73. The minimum atomic E-state index is -4.34. The maximum Gasteiger partial charge on any atom is 0.327 e. The summed E-state index contributed by atoms with van der Waals surface area (Å²) in [6.07, 6.45) is 0. The number of hydrogen-bond acceptors (Lipinski definition) is 8. The zero-order valence-electron chi connectivity index (χ0n) is 20.1. The van der Waals surface area contributed by atoms with Crippen LogP contribution in [0.4, 0.5) is 4.79 Å². The van der Waals surface area contributed by atoms with Gasteiger partial charge in [-0.2, -0.15) is 0 Å². The number of imide groups is 1. The van der Waals surface area contributed by atoms with Crippen molar-refractivity contribution in [3.05, 3.63) is 90.5 Å². The van der Waals surface area contributed by atoms with E-state index in [0.717, 1.165) is 5.56 Å². The summed E-state index contributed by atoms with van der Waals surface area (Å²) < 4.78 is 31.9. The number of nitrogens with zero attached hydrogens (tertiary/aromatic N) is 2. The van der Waals surface area contributed by atoms with E-state index in [-0.39, 0.29) is 18.0 Å². The molecule has 1 aliphatic heterocycles. The van der Waals surface area contributed by atoms with Crippen molar-refractivity contribution in [3.8, 4) is 11.5 Å². The molecule has 0 bridgehead atoms. The van der Waals surface area contributed by atoms with Crippen molar-refractivity contribution < 1.29 is 37.9 Å². The van der Waals surface area contributed by atoms with E-state index in [4.69, 9.17) is 4.74 Å². The summed E-state index contributed by atoms with van der Waals surface area (Å²) in [7, 11) is -4.34. The van der Waals surface area contributed by atoms with Gasteiger partial charge in [0.15, 0.2) is 15.4 Å². The van der Waals surface area contributed by atoms with Crippen LogP contribution in [0.1, 0.15) is 5.56 Å². The van der Waals surface area contributed by atoms with Gasteiger partial charge in [-0.15, -0.1) is 0 Å². The Morgan fingerprint density at radius 2 is 1.50 bits per heavy atom. The number of nitrogens with one attached hydrogen (secondary N) is 1. The van der Waals surface area contributed by atoms with Crippen LogP contribution in [0.15, 0.2) is 89.8 Å². The summed E-state index contributed by atoms with van der Waals surface area (Å²) in [6, 6.07) is 22.1. The van der Waals surface area contributed by atoms with Gasteiger partial charge >= 0.3 is 6.03 Å². The Labute approximate surface area is 218 Å². The first-order chi connectivity index (χ1) is 18.1. The summed E-state index contributed by atoms with van der Waals surface area (Å²) in [4.78, 5) is 39.5. The van der Waals surface area contributed by atoms with E-state index < -0.39 is 45.6 Å². The highest BCUT2D eigenvalue weighted by Crippen LogP contribution is 2.26. The Balaban J connectivity index is 1.50. The molecule has 0 aromatic heterocycles. The maximum absolute atomic E-state index is 13.1. The average molecular weight is 540 g/mol. The fraction of sp³-hybridized carbons (Fsp3) is 0.192. The molecule has 3 aromatic carbocycles. The quantitative estimate of drug-likeness (QED) is 0.201.